The van der Waals surface area contributed by atoms with E-state index < -0.39 is 0 Å². The Bertz CT molecular complexity index is 425. The Labute approximate surface area is 100 Å². The van der Waals surface area contributed by atoms with Gasteiger partial charge in [0.05, 0.1) is 7.11 Å². The largest absolute Gasteiger partial charge is 0.494 e. The average molecular weight is 236 g/mol. The number of ether oxygens (including phenoxy) is 1. The second-order valence-corrected chi connectivity index (χ2v) is 4.33. The van der Waals surface area contributed by atoms with Crippen LogP contribution in [0.25, 0.3) is 0 Å². The highest BCUT2D eigenvalue weighted by Gasteiger charge is 2.19. The maximum Gasteiger partial charge on any atom is 0.147 e. The minimum atomic E-state index is -0.333. The van der Waals surface area contributed by atoms with E-state index in [1.807, 2.05) is 0 Å². The van der Waals surface area contributed by atoms with E-state index in [0.717, 1.165) is 12.8 Å². The normalized spacial score (nSPS) is 17.4. The Hall–Kier alpha value is -1.58. The second-order valence-electron chi connectivity index (χ2n) is 4.33. The van der Waals surface area contributed by atoms with Crippen molar-refractivity contribution in [2.24, 2.45) is 16.6 Å². The zero-order chi connectivity index (χ0) is 12.3. The van der Waals surface area contributed by atoms with Gasteiger partial charge in [-0.1, -0.05) is 12.8 Å². The van der Waals surface area contributed by atoms with Gasteiger partial charge >= 0.3 is 0 Å². The van der Waals surface area contributed by atoms with Gasteiger partial charge in [0.25, 0.3) is 0 Å². The number of nitrogens with zero attached hydrogens (tertiary/aromatic N) is 1. The lowest BCUT2D eigenvalue weighted by Crippen LogP contribution is -2.20. The highest BCUT2D eigenvalue weighted by molar-refractivity contribution is 5.86. The van der Waals surface area contributed by atoms with Crippen LogP contribution in [0, 0.1) is 11.7 Å². The molecular weight excluding hydrogens is 219 g/mol. The van der Waals surface area contributed by atoms with Gasteiger partial charge in [-0.15, -0.1) is 0 Å². The highest BCUT2D eigenvalue weighted by atomic mass is 19.1. The number of hydrogen-bond donors (Lipinski definition) is 1. The van der Waals surface area contributed by atoms with Gasteiger partial charge in [0.2, 0.25) is 0 Å². The van der Waals surface area contributed by atoms with E-state index in [2.05, 4.69) is 4.99 Å². The molecule has 0 atom stereocenters. The molecule has 17 heavy (non-hydrogen) atoms. The minimum absolute atomic E-state index is 0.333. The lowest BCUT2D eigenvalue weighted by molar-refractivity contribution is 0.412. The number of methoxy groups -OCH3 is 1. The van der Waals surface area contributed by atoms with Gasteiger partial charge in [-0.25, -0.2) is 9.38 Å². The second kappa shape index (κ2) is 5.17. The van der Waals surface area contributed by atoms with Crippen LogP contribution in [0.4, 0.5) is 10.1 Å². The van der Waals surface area contributed by atoms with Gasteiger partial charge in [-0.3, -0.25) is 0 Å². The Morgan fingerprint density at radius 1 is 1.41 bits per heavy atom. The summed E-state index contributed by atoms with van der Waals surface area (Å²) in [6, 6.07) is 4.28. The molecule has 3 nitrogen and oxygen atoms in total. The molecule has 0 radical (unpaired) electrons. The molecular formula is C13H17FN2O. The van der Waals surface area contributed by atoms with Crippen LogP contribution in [-0.2, 0) is 0 Å². The molecule has 2 rings (SSSR count). The molecule has 0 unspecified atom stereocenters. The third-order valence-electron chi connectivity index (χ3n) is 3.16. The fourth-order valence-corrected chi connectivity index (χ4v) is 2.20. The molecule has 4 heteroatoms. The number of aliphatic imine (C=N–C) groups is 1. The van der Waals surface area contributed by atoms with Gasteiger partial charge in [0.15, 0.2) is 0 Å². The molecule has 0 bridgehead atoms. The summed E-state index contributed by atoms with van der Waals surface area (Å²) >= 11 is 0. The smallest absolute Gasteiger partial charge is 0.147 e. The first-order valence-corrected chi connectivity index (χ1v) is 5.88. The third-order valence-corrected chi connectivity index (χ3v) is 3.16. The minimum Gasteiger partial charge on any atom is -0.494 e. The standard InChI is InChI=1S/C13H17FN2O/c1-17-12-8-10(14)6-7-11(12)16-13(15)9-4-2-3-5-9/h6-9H,2-5H2,1H3,(H2,15,16). The summed E-state index contributed by atoms with van der Waals surface area (Å²) in [7, 11) is 1.50. The Kier molecular flexibility index (Phi) is 3.61. The van der Waals surface area contributed by atoms with Crippen LogP contribution in [0.3, 0.4) is 0 Å². The molecule has 0 saturated heterocycles. The van der Waals surface area contributed by atoms with E-state index in [4.69, 9.17) is 10.5 Å². The lowest BCUT2D eigenvalue weighted by Gasteiger charge is -2.10. The van der Waals surface area contributed by atoms with Gasteiger partial charge < -0.3 is 10.5 Å². The molecule has 0 aliphatic heterocycles. The maximum absolute atomic E-state index is 13.0. The Morgan fingerprint density at radius 2 is 2.12 bits per heavy atom. The Balaban J connectivity index is 2.24. The molecule has 1 aliphatic carbocycles. The first-order chi connectivity index (χ1) is 8.20. The van der Waals surface area contributed by atoms with Crippen molar-refractivity contribution in [3.8, 4) is 5.75 Å². The van der Waals surface area contributed by atoms with E-state index in [1.165, 1.54) is 32.1 Å². The van der Waals surface area contributed by atoms with E-state index in [9.17, 15) is 4.39 Å². The van der Waals surface area contributed by atoms with Gasteiger partial charge in [-0.2, -0.15) is 0 Å². The fourth-order valence-electron chi connectivity index (χ4n) is 2.20. The molecule has 2 N–H and O–H groups in total. The number of amidine groups is 1. The van der Waals surface area contributed by atoms with Crippen molar-refractivity contribution in [1.82, 2.24) is 0 Å². The van der Waals surface area contributed by atoms with Crippen LogP contribution in [0.2, 0.25) is 0 Å². The summed E-state index contributed by atoms with van der Waals surface area (Å²) < 4.78 is 18.1. The zero-order valence-corrected chi connectivity index (χ0v) is 9.95. The summed E-state index contributed by atoms with van der Waals surface area (Å²) in [5.41, 5.74) is 6.57. The molecule has 1 fully saturated rings. The summed E-state index contributed by atoms with van der Waals surface area (Å²) in [5, 5.41) is 0. The zero-order valence-electron chi connectivity index (χ0n) is 9.95. The van der Waals surface area contributed by atoms with E-state index in [0.29, 0.717) is 23.2 Å². The van der Waals surface area contributed by atoms with Crippen molar-refractivity contribution in [2.75, 3.05) is 7.11 Å². The molecule has 0 amide bonds. The highest BCUT2D eigenvalue weighted by Crippen LogP contribution is 2.30. The molecule has 1 aliphatic rings. The molecule has 1 aromatic carbocycles. The number of halogens is 1. The van der Waals surface area contributed by atoms with Crippen LogP contribution in [-0.4, -0.2) is 12.9 Å². The van der Waals surface area contributed by atoms with Crippen LogP contribution in [0.15, 0.2) is 23.2 Å². The summed E-state index contributed by atoms with van der Waals surface area (Å²) in [6.45, 7) is 0. The number of nitrogens with two attached hydrogens (primary N) is 1. The quantitative estimate of drug-likeness (QED) is 0.647. The fraction of sp³-hybridized carbons (Fsp3) is 0.462. The SMILES string of the molecule is COc1cc(F)ccc1N=C(N)C1CCCC1. The summed E-state index contributed by atoms with van der Waals surface area (Å²) in [6.07, 6.45) is 4.61. The molecule has 1 saturated carbocycles. The van der Waals surface area contributed by atoms with Gasteiger partial charge in [0.1, 0.15) is 23.1 Å². The van der Waals surface area contributed by atoms with Crippen molar-refractivity contribution in [3.63, 3.8) is 0 Å². The summed E-state index contributed by atoms with van der Waals surface area (Å²) in [5.74, 6) is 1.09. The number of rotatable bonds is 3. The number of hydrogen-bond acceptors (Lipinski definition) is 2. The van der Waals surface area contributed by atoms with Crippen LogP contribution < -0.4 is 10.5 Å². The van der Waals surface area contributed by atoms with Crippen molar-refractivity contribution < 1.29 is 9.13 Å². The summed E-state index contributed by atoms with van der Waals surface area (Å²) in [4.78, 5) is 4.36. The van der Waals surface area contributed by atoms with E-state index in [1.54, 1.807) is 6.07 Å². The predicted molar refractivity (Wildman–Crippen MR) is 66.2 cm³/mol. The van der Waals surface area contributed by atoms with E-state index in [-0.39, 0.29) is 5.82 Å². The van der Waals surface area contributed by atoms with Crippen LogP contribution in [0.5, 0.6) is 5.75 Å². The van der Waals surface area contributed by atoms with Crippen LogP contribution in [0.1, 0.15) is 25.7 Å². The average Bonchev–Trinajstić information content (AvgIpc) is 2.85. The first-order valence-electron chi connectivity index (χ1n) is 5.88. The Morgan fingerprint density at radius 3 is 2.76 bits per heavy atom. The molecule has 0 aromatic heterocycles. The van der Waals surface area contributed by atoms with Crippen molar-refractivity contribution in [2.45, 2.75) is 25.7 Å². The number of benzene rings is 1. The van der Waals surface area contributed by atoms with Crippen LogP contribution >= 0.6 is 0 Å². The third kappa shape index (κ3) is 2.75. The monoisotopic (exact) mass is 236 g/mol. The topological polar surface area (TPSA) is 47.6 Å². The van der Waals surface area contributed by atoms with Crippen molar-refractivity contribution in [3.05, 3.63) is 24.0 Å². The lowest BCUT2D eigenvalue weighted by atomic mass is 10.1. The molecule has 1 aromatic rings. The van der Waals surface area contributed by atoms with E-state index >= 15 is 0 Å². The van der Waals surface area contributed by atoms with Gasteiger partial charge in [-0.05, 0) is 25.0 Å². The molecule has 0 heterocycles. The first kappa shape index (κ1) is 11.9. The maximum atomic E-state index is 13.0. The van der Waals surface area contributed by atoms with Crippen molar-refractivity contribution >= 4 is 11.5 Å². The predicted octanol–water partition coefficient (Wildman–Crippen LogP) is 3.01. The molecule has 0 spiro atoms. The van der Waals surface area contributed by atoms with Crippen molar-refractivity contribution in [1.29, 1.82) is 0 Å². The molecule has 92 valence electrons. The van der Waals surface area contributed by atoms with Gasteiger partial charge in [0, 0.05) is 12.0 Å².